The van der Waals surface area contributed by atoms with Gasteiger partial charge in [-0.2, -0.15) is 0 Å². The molecular weight excluding hydrogens is 615 g/mol. The Labute approximate surface area is 300 Å². The van der Waals surface area contributed by atoms with Crippen molar-refractivity contribution in [1.29, 1.82) is 0 Å². The van der Waals surface area contributed by atoms with E-state index in [1.807, 2.05) is 0 Å². The Morgan fingerprint density at radius 1 is 0.471 bits per heavy atom. The Kier molecular flexibility index (Phi) is 6.99. The van der Waals surface area contributed by atoms with Gasteiger partial charge in [-0.15, -0.1) is 0 Å². The van der Waals surface area contributed by atoms with E-state index in [0.29, 0.717) is 0 Å². The van der Waals surface area contributed by atoms with Crippen LogP contribution in [0.5, 0.6) is 0 Å². The molecular formula is C50H37N. The predicted molar refractivity (Wildman–Crippen MR) is 213 cm³/mol. The third kappa shape index (κ3) is 4.62. The minimum absolute atomic E-state index is 0.285. The van der Waals surface area contributed by atoms with Crippen LogP contribution in [0.1, 0.15) is 34.2 Å². The molecule has 0 fully saturated rings. The number of benzene rings is 7. The van der Waals surface area contributed by atoms with Gasteiger partial charge >= 0.3 is 0 Å². The van der Waals surface area contributed by atoms with E-state index in [2.05, 4.69) is 199 Å². The second kappa shape index (κ2) is 12.0. The molecule has 1 nitrogen and oxygen atoms in total. The second-order valence-corrected chi connectivity index (χ2v) is 14.0. The standard InChI is InChI=1S/C50H37N/c1-4-14-35(15-5-1)36-24-28-41(29-25-36)51(40-19-8-3-9-20-40)42-30-26-39(27-31-42)50(38-17-6-2-7-18-38)47-23-13-12-22-45(47)49-46-34-37-16-10-11-21-43(37)44(46)32-33-48(49)50/h1-17,19-33,38H,18,34H2. The summed E-state index contributed by atoms with van der Waals surface area (Å²) < 4.78 is 0. The number of anilines is 3. The van der Waals surface area contributed by atoms with Crippen LogP contribution in [-0.2, 0) is 11.8 Å². The Balaban J connectivity index is 1.13. The van der Waals surface area contributed by atoms with Crippen molar-refractivity contribution in [3.05, 3.63) is 222 Å². The molecule has 3 aliphatic carbocycles. The predicted octanol–water partition coefficient (Wildman–Crippen LogP) is 12.8. The van der Waals surface area contributed by atoms with Gasteiger partial charge in [0.05, 0.1) is 5.41 Å². The summed E-state index contributed by atoms with van der Waals surface area (Å²) in [6.45, 7) is 0. The topological polar surface area (TPSA) is 3.24 Å². The lowest BCUT2D eigenvalue weighted by Crippen LogP contribution is -2.35. The van der Waals surface area contributed by atoms with E-state index in [0.717, 1.165) is 29.9 Å². The van der Waals surface area contributed by atoms with Crippen LogP contribution in [0.25, 0.3) is 33.4 Å². The van der Waals surface area contributed by atoms with E-state index in [1.54, 1.807) is 0 Å². The van der Waals surface area contributed by atoms with Crippen molar-refractivity contribution in [1.82, 2.24) is 0 Å². The molecule has 0 saturated heterocycles. The highest BCUT2D eigenvalue weighted by Crippen LogP contribution is 2.60. The first kappa shape index (κ1) is 29.7. The average Bonchev–Trinajstić information content (AvgIpc) is 3.74. The number of hydrogen-bond acceptors (Lipinski definition) is 1. The molecule has 0 bridgehead atoms. The Morgan fingerprint density at radius 3 is 1.84 bits per heavy atom. The lowest BCUT2D eigenvalue weighted by Gasteiger charge is -2.40. The summed E-state index contributed by atoms with van der Waals surface area (Å²) >= 11 is 0. The van der Waals surface area contributed by atoms with Crippen LogP contribution in [0.15, 0.2) is 194 Å². The van der Waals surface area contributed by atoms with Gasteiger partial charge in [0.15, 0.2) is 0 Å². The molecule has 242 valence electrons. The number of nitrogens with zero attached hydrogens (tertiary/aromatic N) is 1. The third-order valence-corrected chi connectivity index (χ3v) is 11.4. The van der Waals surface area contributed by atoms with Crippen molar-refractivity contribution in [3.8, 4) is 33.4 Å². The highest BCUT2D eigenvalue weighted by Gasteiger charge is 2.50. The quantitative estimate of drug-likeness (QED) is 0.173. The fourth-order valence-corrected chi connectivity index (χ4v) is 9.20. The normalized spacial score (nSPS) is 17.8. The second-order valence-electron chi connectivity index (χ2n) is 14.0. The van der Waals surface area contributed by atoms with Crippen molar-refractivity contribution in [2.24, 2.45) is 5.92 Å². The SMILES string of the molecule is C1=CCC(C2(c3ccc(N(c4ccccc4)c4ccc(-c5ccccc5)cc4)cc3)c3ccccc3-c3c2ccc2c3Cc3ccccc3-2)C=C1. The lowest BCUT2D eigenvalue weighted by molar-refractivity contribution is 0.457. The zero-order valence-electron chi connectivity index (χ0n) is 28.4. The Morgan fingerprint density at radius 2 is 1.10 bits per heavy atom. The van der Waals surface area contributed by atoms with Crippen LogP contribution in [0.4, 0.5) is 17.1 Å². The van der Waals surface area contributed by atoms with Crippen molar-refractivity contribution >= 4 is 17.1 Å². The minimum Gasteiger partial charge on any atom is -0.311 e. The van der Waals surface area contributed by atoms with Crippen LogP contribution in [0, 0.1) is 5.92 Å². The number of hydrogen-bond donors (Lipinski definition) is 0. The summed E-state index contributed by atoms with van der Waals surface area (Å²) in [5.41, 5.74) is 18.2. The highest BCUT2D eigenvalue weighted by molar-refractivity contribution is 5.93. The van der Waals surface area contributed by atoms with Gasteiger partial charge in [-0.3, -0.25) is 0 Å². The molecule has 0 aliphatic heterocycles. The Hall–Kier alpha value is -6.18. The molecule has 2 unspecified atom stereocenters. The minimum atomic E-state index is -0.315. The molecule has 1 heteroatoms. The molecule has 0 radical (unpaired) electrons. The van der Waals surface area contributed by atoms with Crippen molar-refractivity contribution in [3.63, 3.8) is 0 Å². The average molecular weight is 652 g/mol. The number of allylic oxidation sites excluding steroid dienone is 4. The zero-order valence-corrected chi connectivity index (χ0v) is 28.4. The van der Waals surface area contributed by atoms with Gasteiger partial charge in [-0.25, -0.2) is 0 Å². The summed E-state index contributed by atoms with van der Waals surface area (Å²) in [6, 6.07) is 62.8. The molecule has 0 amide bonds. The molecule has 3 aliphatic rings. The molecule has 0 aromatic heterocycles. The van der Waals surface area contributed by atoms with E-state index in [-0.39, 0.29) is 11.3 Å². The van der Waals surface area contributed by atoms with Crippen LogP contribution >= 0.6 is 0 Å². The van der Waals surface area contributed by atoms with Gasteiger partial charge in [0.2, 0.25) is 0 Å². The molecule has 0 spiro atoms. The maximum Gasteiger partial charge on any atom is 0.0529 e. The first-order chi connectivity index (χ1) is 25.3. The van der Waals surface area contributed by atoms with Gasteiger partial charge in [0.25, 0.3) is 0 Å². The summed E-state index contributed by atoms with van der Waals surface area (Å²) in [7, 11) is 0. The molecule has 7 aromatic rings. The first-order valence-corrected chi connectivity index (χ1v) is 18.1. The lowest BCUT2D eigenvalue weighted by atomic mass is 9.62. The van der Waals surface area contributed by atoms with Crippen LogP contribution in [-0.4, -0.2) is 0 Å². The fourth-order valence-electron chi connectivity index (χ4n) is 9.20. The molecule has 0 heterocycles. The largest absolute Gasteiger partial charge is 0.311 e. The van der Waals surface area contributed by atoms with E-state index >= 15 is 0 Å². The molecule has 2 atom stereocenters. The summed E-state index contributed by atoms with van der Waals surface area (Å²) in [5.74, 6) is 0.285. The van der Waals surface area contributed by atoms with E-state index in [1.165, 1.54) is 61.2 Å². The summed E-state index contributed by atoms with van der Waals surface area (Å²) in [4.78, 5) is 2.37. The first-order valence-electron chi connectivity index (χ1n) is 18.1. The molecule has 10 rings (SSSR count). The number of fused-ring (bicyclic) bond motifs is 7. The van der Waals surface area contributed by atoms with Gasteiger partial charge < -0.3 is 4.90 Å². The maximum atomic E-state index is 2.46. The van der Waals surface area contributed by atoms with Crippen LogP contribution < -0.4 is 4.90 Å². The van der Waals surface area contributed by atoms with Gasteiger partial charge in [0, 0.05) is 17.1 Å². The monoisotopic (exact) mass is 651 g/mol. The third-order valence-electron chi connectivity index (χ3n) is 11.4. The number of para-hydroxylation sites is 1. The fraction of sp³-hybridized carbons (Fsp3) is 0.0800. The molecule has 0 saturated carbocycles. The smallest absolute Gasteiger partial charge is 0.0529 e. The van der Waals surface area contributed by atoms with Crippen molar-refractivity contribution in [2.75, 3.05) is 4.90 Å². The summed E-state index contributed by atoms with van der Waals surface area (Å²) in [5, 5.41) is 0. The number of rotatable bonds is 6. The van der Waals surface area contributed by atoms with Crippen molar-refractivity contribution < 1.29 is 0 Å². The molecule has 7 aromatic carbocycles. The Bertz CT molecular complexity index is 2450. The molecule has 0 N–H and O–H groups in total. The van der Waals surface area contributed by atoms with Crippen molar-refractivity contribution in [2.45, 2.75) is 18.3 Å². The van der Waals surface area contributed by atoms with Crippen LogP contribution in [0.2, 0.25) is 0 Å². The van der Waals surface area contributed by atoms with E-state index in [9.17, 15) is 0 Å². The van der Waals surface area contributed by atoms with E-state index < -0.39 is 0 Å². The zero-order chi connectivity index (χ0) is 33.8. The summed E-state index contributed by atoms with van der Waals surface area (Å²) in [6.07, 6.45) is 11.2. The van der Waals surface area contributed by atoms with E-state index in [4.69, 9.17) is 0 Å². The van der Waals surface area contributed by atoms with Gasteiger partial charge in [-0.05, 0) is 116 Å². The van der Waals surface area contributed by atoms with Gasteiger partial charge in [-0.1, -0.05) is 158 Å². The molecule has 51 heavy (non-hydrogen) atoms. The van der Waals surface area contributed by atoms with Crippen LogP contribution in [0.3, 0.4) is 0 Å². The highest BCUT2D eigenvalue weighted by atomic mass is 15.1. The maximum absolute atomic E-state index is 2.46. The van der Waals surface area contributed by atoms with Gasteiger partial charge in [0.1, 0.15) is 0 Å².